The van der Waals surface area contributed by atoms with Crippen LogP contribution in [-0.4, -0.2) is 24.6 Å². The third kappa shape index (κ3) is 3.20. The van der Waals surface area contributed by atoms with Crippen molar-refractivity contribution in [2.75, 3.05) is 7.11 Å². The molecule has 8 atom stereocenters. The summed E-state index contributed by atoms with van der Waals surface area (Å²) < 4.78 is 4.83. The van der Waals surface area contributed by atoms with Crippen molar-refractivity contribution in [1.82, 2.24) is 0 Å². The third-order valence-electron chi connectivity index (χ3n) is 10.1. The van der Waals surface area contributed by atoms with Crippen molar-refractivity contribution in [2.24, 2.45) is 46.3 Å². The van der Waals surface area contributed by atoms with Crippen LogP contribution in [0, 0.1) is 46.3 Å². The fourth-order valence-electron chi connectivity index (χ4n) is 8.34. The second kappa shape index (κ2) is 7.50. The number of esters is 1. The molecule has 0 heterocycles. The number of ketones is 2. The van der Waals surface area contributed by atoms with Gasteiger partial charge in [-0.25, -0.2) is 0 Å². The van der Waals surface area contributed by atoms with Crippen LogP contribution in [-0.2, 0) is 19.1 Å². The summed E-state index contributed by atoms with van der Waals surface area (Å²) in [6.45, 7) is 6.87. The van der Waals surface area contributed by atoms with Crippen LogP contribution in [0.25, 0.3) is 0 Å². The van der Waals surface area contributed by atoms with E-state index in [1.807, 2.05) is 0 Å². The van der Waals surface area contributed by atoms with E-state index in [1.165, 1.54) is 13.5 Å². The van der Waals surface area contributed by atoms with Crippen molar-refractivity contribution in [1.29, 1.82) is 0 Å². The first-order chi connectivity index (χ1) is 13.7. The van der Waals surface area contributed by atoms with Gasteiger partial charge in [0.1, 0.15) is 11.6 Å². The molecule has 4 heteroatoms. The van der Waals surface area contributed by atoms with Crippen LogP contribution in [0.15, 0.2) is 0 Å². The topological polar surface area (TPSA) is 60.4 Å². The zero-order chi connectivity index (χ0) is 21.0. The van der Waals surface area contributed by atoms with Crippen LogP contribution in [0.1, 0.15) is 85.0 Å². The fourth-order valence-corrected chi connectivity index (χ4v) is 8.34. The highest BCUT2D eigenvalue weighted by Crippen LogP contribution is 2.67. The maximum atomic E-state index is 13.7. The van der Waals surface area contributed by atoms with E-state index < -0.39 is 0 Å². The minimum Gasteiger partial charge on any atom is -0.469 e. The molecule has 4 fully saturated rings. The van der Waals surface area contributed by atoms with Crippen molar-refractivity contribution in [3.8, 4) is 0 Å². The highest BCUT2D eigenvalue weighted by molar-refractivity contribution is 5.87. The molecule has 0 aromatic rings. The lowest BCUT2D eigenvalue weighted by atomic mass is 9.44. The molecule has 4 aliphatic carbocycles. The number of methoxy groups -OCH3 is 1. The predicted octanol–water partition coefficient (Wildman–Crippen LogP) is 4.98. The van der Waals surface area contributed by atoms with Gasteiger partial charge < -0.3 is 4.74 Å². The van der Waals surface area contributed by atoms with Crippen LogP contribution in [0.2, 0.25) is 0 Å². The molecule has 0 aromatic carbocycles. The van der Waals surface area contributed by atoms with Crippen LogP contribution >= 0.6 is 0 Å². The number of ether oxygens (including phenoxy) is 1. The van der Waals surface area contributed by atoms with Gasteiger partial charge in [0.05, 0.1) is 7.11 Å². The maximum absolute atomic E-state index is 13.7. The van der Waals surface area contributed by atoms with Crippen molar-refractivity contribution >= 4 is 17.5 Å². The molecule has 0 aromatic heterocycles. The van der Waals surface area contributed by atoms with E-state index in [0.29, 0.717) is 66.3 Å². The molecular formula is C25H38O4. The second-order valence-corrected chi connectivity index (χ2v) is 11.1. The molecule has 0 amide bonds. The minimum atomic E-state index is -0.232. The molecule has 0 spiro atoms. The Morgan fingerprint density at radius 1 is 1.10 bits per heavy atom. The van der Waals surface area contributed by atoms with E-state index in [2.05, 4.69) is 20.8 Å². The number of hydrogen-bond donors (Lipinski definition) is 0. The zero-order valence-electron chi connectivity index (χ0n) is 18.7. The quantitative estimate of drug-likeness (QED) is 0.622. The van der Waals surface area contributed by atoms with E-state index in [-0.39, 0.29) is 16.8 Å². The molecule has 0 radical (unpaired) electrons. The summed E-state index contributed by atoms with van der Waals surface area (Å²) in [5.41, 5.74) is -0.0627. The summed E-state index contributed by atoms with van der Waals surface area (Å²) in [5.74, 6) is 3.55. The molecule has 4 saturated carbocycles. The first kappa shape index (κ1) is 21.1. The maximum Gasteiger partial charge on any atom is 0.305 e. The smallest absolute Gasteiger partial charge is 0.305 e. The van der Waals surface area contributed by atoms with Crippen molar-refractivity contribution < 1.29 is 19.1 Å². The van der Waals surface area contributed by atoms with Crippen LogP contribution in [0.5, 0.6) is 0 Å². The van der Waals surface area contributed by atoms with E-state index in [4.69, 9.17) is 4.74 Å². The van der Waals surface area contributed by atoms with Gasteiger partial charge in [0.25, 0.3) is 0 Å². The second-order valence-electron chi connectivity index (χ2n) is 11.1. The van der Waals surface area contributed by atoms with Crippen molar-refractivity contribution in [3.63, 3.8) is 0 Å². The van der Waals surface area contributed by atoms with Gasteiger partial charge in [0.2, 0.25) is 0 Å². The molecule has 3 unspecified atom stereocenters. The third-order valence-corrected chi connectivity index (χ3v) is 10.1. The fraction of sp³-hybridized carbons (Fsp3) is 0.880. The van der Waals surface area contributed by atoms with Gasteiger partial charge in [0.15, 0.2) is 0 Å². The van der Waals surface area contributed by atoms with E-state index in [1.54, 1.807) is 0 Å². The zero-order valence-corrected chi connectivity index (χ0v) is 18.7. The normalized spacial score (nSPS) is 45.2. The van der Waals surface area contributed by atoms with Gasteiger partial charge in [-0.15, -0.1) is 0 Å². The SMILES string of the molecule is COC(=O)CC[C@H](C)[C@H]1CCC2C3CC[C@@H]4CC(=O)CC[C@]4(C)C3CC(=O)[C@@]21C. The molecule has 162 valence electrons. The Labute approximate surface area is 175 Å². The molecule has 0 N–H and O–H groups in total. The predicted molar refractivity (Wildman–Crippen MR) is 111 cm³/mol. The molecule has 0 aliphatic heterocycles. The van der Waals surface area contributed by atoms with Gasteiger partial charge in [-0.1, -0.05) is 20.8 Å². The number of carbonyl (C=O) groups is 3. The van der Waals surface area contributed by atoms with Crippen LogP contribution < -0.4 is 0 Å². The molecule has 4 nitrogen and oxygen atoms in total. The highest BCUT2D eigenvalue weighted by atomic mass is 16.5. The minimum absolute atomic E-state index is 0.148. The Hall–Kier alpha value is -1.19. The Morgan fingerprint density at radius 3 is 2.59 bits per heavy atom. The summed E-state index contributed by atoms with van der Waals surface area (Å²) in [6.07, 6.45) is 9.00. The Kier molecular flexibility index (Phi) is 5.44. The summed E-state index contributed by atoms with van der Waals surface area (Å²) in [6, 6.07) is 0. The first-order valence-corrected chi connectivity index (χ1v) is 11.8. The average molecular weight is 403 g/mol. The molecule has 29 heavy (non-hydrogen) atoms. The van der Waals surface area contributed by atoms with E-state index in [0.717, 1.165) is 38.5 Å². The molecule has 0 saturated heterocycles. The molecular weight excluding hydrogens is 364 g/mol. The van der Waals surface area contributed by atoms with E-state index >= 15 is 0 Å². The summed E-state index contributed by atoms with van der Waals surface area (Å²) >= 11 is 0. The summed E-state index contributed by atoms with van der Waals surface area (Å²) in [5, 5.41) is 0. The van der Waals surface area contributed by atoms with Crippen molar-refractivity contribution in [3.05, 3.63) is 0 Å². The monoisotopic (exact) mass is 402 g/mol. The Morgan fingerprint density at radius 2 is 1.86 bits per heavy atom. The number of carbonyl (C=O) groups excluding carboxylic acids is 3. The largest absolute Gasteiger partial charge is 0.469 e. The lowest BCUT2D eigenvalue weighted by Crippen LogP contribution is -2.57. The van der Waals surface area contributed by atoms with Crippen LogP contribution in [0.3, 0.4) is 0 Å². The van der Waals surface area contributed by atoms with Gasteiger partial charge in [0, 0.05) is 31.1 Å². The molecule has 4 aliphatic rings. The Balaban J connectivity index is 1.55. The molecule has 0 bridgehead atoms. The number of Topliss-reactive ketones (excluding diaryl/α,β-unsaturated/α-hetero) is 2. The lowest BCUT2D eigenvalue weighted by Gasteiger charge is -2.59. The van der Waals surface area contributed by atoms with Crippen molar-refractivity contribution in [2.45, 2.75) is 85.0 Å². The van der Waals surface area contributed by atoms with E-state index in [9.17, 15) is 14.4 Å². The van der Waals surface area contributed by atoms with Gasteiger partial charge in [-0.2, -0.15) is 0 Å². The van der Waals surface area contributed by atoms with Crippen LogP contribution in [0.4, 0.5) is 0 Å². The van der Waals surface area contributed by atoms with Gasteiger partial charge >= 0.3 is 5.97 Å². The number of hydrogen-bond acceptors (Lipinski definition) is 4. The number of rotatable bonds is 4. The molecule has 4 rings (SSSR count). The number of fused-ring (bicyclic) bond motifs is 5. The Bertz CT molecular complexity index is 699. The summed E-state index contributed by atoms with van der Waals surface area (Å²) in [7, 11) is 1.44. The lowest BCUT2D eigenvalue weighted by molar-refractivity contribution is -0.159. The standard InChI is InChI=1S/C25H38O4/c1-15(5-10-23(28)29-4)19-8-9-20-18-7-6-16-13-17(26)11-12-24(16,2)21(18)14-22(27)25(19,20)3/h15-16,18-21H,5-14H2,1-4H3/t15-,16+,18?,19+,20?,21?,24-,25+/m0/s1. The average Bonchev–Trinajstić information content (AvgIpc) is 3.06. The van der Waals surface area contributed by atoms with Gasteiger partial charge in [-0.3, -0.25) is 14.4 Å². The summed E-state index contributed by atoms with van der Waals surface area (Å²) in [4.78, 5) is 37.4. The first-order valence-electron chi connectivity index (χ1n) is 11.8. The van der Waals surface area contributed by atoms with Gasteiger partial charge in [-0.05, 0) is 79.4 Å². The highest BCUT2D eigenvalue weighted by Gasteiger charge is 2.63.